The molecule has 0 aromatic carbocycles. The van der Waals surface area contributed by atoms with Crippen LogP contribution in [0.25, 0.3) is 0 Å². The van der Waals surface area contributed by atoms with E-state index in [2.05, 4.69) is 0 Å². The van der Waals surface area contributed by atoms with Crippen LogP contribution in [-0.2, 0) is 0 Å². The van der Waals surface area contributed by atoms with Crippen LogP contribution in [0.4, 0.5) is 0 Å². The Hall–Kier alpha value is 0. The van der Waals surface area contributed by atoms with E-state index >= 15 is 0 Å². The lowest BCUT2D eigenvalue weighted by molar-refractivity contribution is 0.393. The van der Waals surface area contributed by atoms with E-state index in [0.717, 1.165) is 0 Å². The Labute approximate surface area is 56.6 Å². The van der Waals surface area contributed by atoms with Crippen molar-refractivity contribution in [2.45, 2.75) is 32.1 Å². The fraction of sp³-hybridized carbons (Fsp3) is 1.00. The summed E-state index contributed by atoms with van der Waals surface area (Å²) in [5, 5.41) is 0. The third-order valence-electron chi connectivity index (χ3n) is 3.85. The fourth-order valence-corrected chi connectivity index (χ4v) is 3.38. The number of hydrogen-bond donors (Lipinski definition) is 0. The lowest BCUT2D eigenvalue weighted by Crippen LogP contribution is -2.02. The molecule has 3 rings (SSSR count). The highest BCUT2D eigenvalue weighted by Gasteiger charge is 2.54. The minimum absolute atomic E-state index is 1.20. The Bertz CT molecular complexity index is 139. The van der Waals surface area contributed by atoms with Gasteiger partial charge in [0.25, 0.3) is 0 Å². The second kappa shape index (κ2) is 1.36. The molecule has 0 heteroatoms. The van der Waals surface area contributed by atoms with E-state index in [-0.39, 0.29) is 0 Å². The Morgan fingerprint density at radius 2 is 1.78 bits per heavy atom. The van der Waals surface area contributed by atoms with E-state index in [1.165, 1.54) is 23.7 Å². The molecular weight excluding hydrogens is 108 g/mol. The molecule has 0 bridgehead atoms. The van der Waals surface area contributed by atoms with Crippen molar-refractivity contribution in [3.63, 3.8) is 0 Å². The number of fused-ring (bicyclic) bond motifs is 3. The normalized spacial score (nSPS) is 61.3. The van der Waals surface area contributed by atoms with Crippen molar-refractivity contribution in [3.05, 3.63) is 0 Å². The van der Waals surface area contributed by atoms with E-state index in [0.29, 0.717) is 0 Å². The summed E-state index contributed by atoms with van der Waals surface area (Å²) >= 11 is 0. The van der Waals surface area contributed by atoms with E-state index in [4.69, 9.17) is 0 Å². The largest absolute Gasteiger partial charge is 0.0527 e. The van der Waals surface area contributed by atoms with Crippen LogP contribution >= 0.6 is 0 Å². The van der Waals surface area contributed by atoms with Gasteiger partial charge in [0.1, 0.15) is 0 Å². The smallest absolute Gasteiger partial charge is 0.0352 e. The number of hydrogen-bond acceptors (Lipinski definition) is 0. The van der Waals surface area contributed by atoms with Gasteiger partial charge in [-0.15, -0.1) is 0 Å². The molecule has 3 fully saturated rings. The van der Waals surface area contributed by atoms with E-state index in [1.54, 1.807) is 32.1 Å². The first kappa shape index (κ1) is 4.76. The zero-order valence-corrected chi connectivity index (χ0v) is 5.84. The molecular formula is C9H14. The van der Waals surface area contributed by atoms with Crippen LogP contribution in [0.5, 0.6) is 0 Å². The monoisotopic (exact) mass is 122 g/mol. The minimum atomic E-state index is 1.20. The average molecular weight is 122 g/mol. The topological polar surface area (TPSA) is 0 Å². The van der Waals surface area contributed by atoms with Crippen molar-refractivity contribution in [1.29, 1.82) is 0 Å². The molecule has 3 saturated carbocycles. The van der Waals surface area contributed by atoms with Crippen molar-refractivity contribution in [3.8, 4) is 0 Å². The van der Waals surface area contributed by atoms with Crippen LogP contribution in [0, 0.1) is 23.7 Å². The Morgan fingerprint density at radius 3 is 2.67 bits per heavy atom. The molecule has 3 aliphatic carbocycles. The molecule has 0 aromatic heterocycles. The summed E-state index contributed by atoms with van der Waals surface area (Å²) in [5.41, 5.74) is 0. The van der Waals surface area contributed by atoms with Gasteiger partial charge in [0.2, 0.25) is 0 Å². The van der Waals surface area contributed by atoms with Crippen LogP contribution < -0.4 is 0 Å². The number of rotatable bonds is 0. The lowest BCUT2D eigenvalue weighted by atomic mass is 9.95. The van der Waals surface area contributed by atoms with E-state index in [9.17, 15) is 0 Å². The molecule has 0 N–H and O–H groups in total. The Kier molecular flexibility index (Phi) is 0.717. The average Bonchev–Trinajstić information content (AvgIpc) is 2.38. The summed E-state index contributed by atoms with van der Waals surface area (Å²) in [4.78, 5) is 0. The first-order valence-electron chi connectivity index (χ1n) is 4.45. The van der Waals surface area contributed by atoms with Crippen LogP contribution in [0.1, 0.15) is 32.1 Å². The zero-order valence-electron chi connectivity index (χ0n) is 5.84. The van der Waals surface area contributed by atoms with Gasteiger partial charge in [0, 0.05) is 0 Å². The molecule has 9 heavy (non-hydrogen) atoms. The summed E-state index contributed by atoms with van der Waals surface area (Å²) in [6.07, 6.45) is 7.96. The molecule has 50 valence electrons. The first-order valence-corrected chi connectivity index (χ1v) is 4.45. The van der Waals surface area contributed by atoms with Gasteiger partial charge in [-0.3, -0.25) is 0 Å². The van der Waals surface area contributed by atoms with Gasteiger partial charge in [-0.25, -0.2) is 0 Å². The highest BCUT2D eigenvalue weighted by Crippen LogP contribution is 2.62. The molecule has 0 radical (unpaired) electrons. The second-order valence-corrected chi connectivity index (χ2v) is 4.25. The van der Waals surface area contributed by atoms with Gasteiger partial charge < -0.3 is 0 Å². The van der Waals surface area contributed by atoms with Crippen molar-refractivity contribution < 1.29 is 0 Å². The van der Waals surface area contributed by atoms with Gasteiger partial charge in [0.05, 0.1) is 0 Å². The molecule has 4 atom stereocenters. The van der Waals surface area contributed by atoms with Crippen molar-refractivity contribution >= 4 is 0 Å². The minimum Gasteiger partial charge on any atom is -0.0527 e. The molecule has 0 spiro atoms. The van der Waals surface area contributed by atoms with Gasteiger partial charge in [0.15, 0.2) is 0 Å². The highest BCUT2D eigenvalue weighted by molar-refractivity contribution is 5.03. The summed E-state index contributed by atoms with van der Waals surface area (Å²) in [5.74, 6) is 4.88. The maximum absolute atomic E-state index is 1.62. The highest BCUT2D eigenvalue weighted by atomic mass is 14.6. The van der Waals surface area contributed by atoms with Gasteiger partial charge in [-0.05, 0) is 42.9 Å². The van der Waals surface area contributed by atoms with Crippen molar-refractivity contribution in [2.24, 2.45) is 23.7 Å². The molecule has 0 aliphatic heterocycles. The van der Waals surface area contributed by atoms with Crippen LogP contribution in [0.2, 0.25) is 0 Å². The Balaban J connectivity index is 1.88. The quantitative estimate of drug-likeness (QED) is 0.463. The first-order chi connectivity index (χ1) is 4.45. The third kappa shape index (κ3) is 0.500. The third-order valence-corrected chi connectivity index (χ3v) is 3.85. The fourth-order valence-electron chi connectivity index (χ4n) is 3.38. The molecule has 0 saturated heterocycles. The maximum atomic E-state index is 1.62. The van der Waals surface area contributed by atoms with Crippen LogP contribution in [0.15, 0.2) is 0 Å². The molecule has 0 aromatic rings. The molecule has 0 heterocycles. The van der Waals surface area contributed by atoms with Gasteiger partial charge in [-0.1, -0.05) is 12.8 Å². The molecule has 0 nitrogen and oxygen atoms in total. The van der Waals surface area contributed by atoms with Crippen molar-refractivity contribution in [1.82, 2.24) is 0 Å². The predicted octanol–water partition coefficient (Wildman–Crippen LogP) is 2.44. The standard InChI is InChI=1S/C9H14/c1-2-6-4-7-5-9(7)8(6)3-1/h6-9H,1-5H2. The summed E-state index contributed by atoms with van der Waals surface area (Å²) < 4.78 is 0. The van der Waals surface area contributed by atoms with Crippen LogP contribution in [0.3, 0.4) is 0 Å². The SMILES string of the molecule is C1CC2CC3CC3C2C1. The van der Waals surface area contributed by atoms with E-state index in [1.807, 2.05) is 0 Å². The second-order valence-electron chi connectivity index (χ2n) is 4.25. The zero-order chi connectivity index (χ0) is 5.84. The predicted molar refractivity (Wildman–Crippen MR) is 37.0 cm³/mol. The van der Waals surface area contributed by atoms with Crippen LogP contribution in [-0.4, -0.2) is 0 Å². The Morgan fingerprint density at radius 1 is 0.778 bits per heavy atom. The summed E-state index contributed by atoms with van der Waals surface area (Å²) in [6, 6.07) is 0. The molecule has 0 amide bonds. The van der Waals surface area contributed by atoms with E-state index < -0.39 is 0 Å². The summed E-state index contributed by atoms with van der Waals surface area (Å²) in [7, 11) is 0. The van der Waals surface area contributed by atoms with Gasteiger partial charge in [-0.2, -0.15) is 0 Å². The van der Waals surface area contributed by atoms with Gasteiger partial charge >= 0.3 is 0 Å². The molecule has 3 aliphatic rings. The van der Waals surface area contributed by atoms with Crippen molar-refractivity contribution in [2.75, 3.05) is 0 Å². The molecule has 4 unspecified atom stereocenters. The lowest BCUT2D eigenvalue weighted by Gasteiger charge is -2.10. The summed E-state index contributed by atoms with van der Waals surface area (Å²) in [6.45, 7) is 0. The maximum Gasteiger partial charge on any atom is -0.0352 e.